The fourth-order valence-electron chi connectivity index (χ4n) is 2.58. The summed E-state index contributed by atoms with van der Waals surface area (Å²) in [6, 6.07) is 7.53. The lowest BCUT2D eigenvalue weighted by molar-refractivity contribution is -0.137. The first-order chi connectivity index (χ1) is 13.2. The molecule has 0 bridgehead atoms. The topological polar surface area (TPSA) is 93.8 Å². The van der Waals surface area contributed by atoms with E-state index in [1.165, 1.54) is 0 Å². The molecule has 3 aromatic rings. The quantitative estimate of drug-likeness (QED) is 0.675. The van der Waals surface area contributed by atoms with Gasteiger partial charge in [0.05, 0.1) is 11.9 Å². The Morgan fingerprint density at radius 1 is 1.25 bits per heavy atom. The summed E-state index contributed by atoms with van der Waals surface area (Å²) in [5, 5.41) is 1.59. The lowest BCUT2D eigenvalue weighted by Crippen LogP contribution is -2.25. The first-order valence-corrected chi connectivity index (χ1v) is 9.05. The molecule has 1 amide bonds. The first-order valence-electron chi connectivity index (χ1n) is 8.23. The SMILES string of the molecule is Cc1cc(-c2ccnc(N)n2)ccc1CCNC(=O)c1cnc(C(F)(F)F)s1. The molecule has 0 atom stereocenters. The minimum absolute atomic E-state index is 0.0688. The number of nitrogens with two attached hydrogens (primary N) is 1. The molecule has 3 rings (SSSR count). The zero-order chi connectivity index (χ0) is 20.3. The number of halogens is 3. The van der Waals surface area contributed by atoms with Crippen LogP contribution in [0.1, 0.15) is 25.8 Å². The molecule has 0 fully saturated rings. The highest BCUT2D eigenvalue weighted by atomic mass is 32.1. The molecule has 1 aromatic carbocycles. The summed E-state index contributed by atoms with van der Waals surface area (Å²) >= 11 is 0.328. The molecule has 3 N–H and O–H groups in total. The number of aryl methyl sites for hydroxylation is 1. The van der Waals surface area contributed by atoms with Crippen molar-refractivity contribution in [2.75, 3.05) is 12.3 Å². The van der Waals surface area contributed by atoms with Gasteiger partial charge in [0.15, 0.2) is 5.01 Å². The Labute approximate surface area is 162 Å². The summed E-state index contributed by atoms with van der Waals surface area (Å²) in [4.78, 5) is 23.2. The van der Waals surface area contributed by atoms with Gasteiger partial charge in [-0.3, -0.25) is 4.79 Å². The number of hydrogen-bond acceptors (Lipinski definition) is 6. The number of carbonyl (C=O) groups is 1. The molecule has 0 aliphatic rings. The monoisotopic (exact) mass is 407 g/mol. The van der Waals surface area contributed by atoms with Crippen molar-refractivity contribution in [2.24, 2.45) is 0 Å². The van der Waals surface area contributed by atoms with E-state index in [1.807, 2.05) is 25.1 Å². The Morgan fingerprint density at radius 3 is 2.68 bits per heavy atom. The third kappa shape index (κ3) is 4.63. The van der Waals surface area contributed by atoms with E-state index in [-0.39, 0.29) is 10.8 Å². The summed E-state index contributed by atoms with van der Waals surface area (Å²) < 4.78 is 37.7. The maximum atomic E-state index is 12.6. The number of aromatic nitrogens is 3. The van der Waals surface area contributed by atoms with Gasteiger partial charge in [0, 0.05) is 18.3 Å². The number of rotatable bonds is 5. The second-order valence-corrected chi connectivity index (χ2v) is 7.01. The van der Waals surface area contributed by atoms with Crippen LogP contribution in [0.3, 0.4) is 0 Å². The maximum Gasteiger partial charge on any atom is 0.443 e. The molecule has 0 spiro atoms. The van der Waals surface area contributed by atoms with E-state index >= 15 is 0 Å². The largest absolute Gasteiger partial charge is 0.443 e. The summed E-state index contributed by atoms with van der Waals surface area (Å²) in [7, 11) is 0. The van der Waals surface area contributed by atoms with Crippen molar-refractivity contribution in [1.29, 1.82) is 0 Å². The van der Waals surface area contributed by atoms with E-state index in [1.54, 1.807) is 12.3 Å². The molecule has 6 nitrogen and oxygen atoms in total. The van der Waals surface area contributed by atoms with Gasteiger partial charge in [-0.25, -0.2) is 15.0 Å². The molecule has 0 unspecified atom stereocenters. The van der Waals surface area contributed by atoms with Crippen LogP contribution in [0.25, 0.3) is 11.3 Å². The molecule has 28 heavy (non-hydrogen) atoms. The minimum atomic E-state index is -4.55. The second kappa shape index (κ2) is 7.93. The Bertz CT molecular complexity index is 1000. The van der Waals surface area contributed by atoms with Gasteiger partial charge in [0.1, 0.15) is 4.88 Å². The highest BCUT2D eigenvalue weighted by molar-refractivity contribution is 7.13. The number of nitrogens with one attached hydrogen (secondary N) is 1. The van der Waals surface area contributed by atoms with Gasteiger partial charge in [0.25, 0.3) is 5.91 Å². The highest BCUT2D eigenvalue weighted by Crippen LogP contribution is 2.32. The minimum Gasteiger partial charge on any atom is -0.368 e. The molecule has 2 heterocycles. The molecule has 10 heteroatoms. The van der Waals surface area contributed by atoms with E-state index in [2.05, 4.69) is 20.3 Å². The van der Waals surface area contributed by atoms with Crippen molar-refractivity contribution in [3.8, 4) is 11.3 Å². The van der Waals surface area contributed by atoms with Gasteiger partial charge >= 0.3 is 6.18 Å². The Morgan fingerprint density at radius 2 is 2.04 bits per heavy atom. The van der Waals surface area contributed by atoms with E-state index in [9.17, 15) is 18.0 Å². The van der Waals surface area contributed by atoms with Crippen molar-refractivity contribution >= 4 is 23.2 Å². The molecule has 0 aliphatic carbocycles. The molecular formula is C18H16F3N5OS. The number of amides is 1. The molecule has 146 valence electrons. The van der Waals surface area contributed by atoms with Crippen LogP contribution in [0, 0.1) is 6.92 Å². The molecule has 0 saturated heterocycles. The Balaban J connectivity index is 1.60. The Kier molecular flexibility index (Phi) is 5.59. The van der Waals surface area contributed by atoms with Crippen molar-refractivity contribution < 1.29 is 18.0 Å². The standard InChI is InChI=1S/C18H16F3N5OS/c1-10-8-12(13-5-7-24-17(22)26-13)3-2-11(10)4-6-23-15(27)14-9-25-16(28-14)18(19,20)21/h2-3,5,7-9H,4,6H2,1H3,(H,23,27)(H2,22,24,26). The fraction of sp³-hybridized carbons (Fsp3) is 0.222. The number of nitrogens with zero attached hydrogens (tertiary/aromatic N) is 3. The van der Waals surface area contributed by atoms with Gasteiger partial charge < -0.3 is 11.1 Å². The van der Waals surface area contributed by atoms with E-state index in [0.717, 1.165) is 22.9 Å². The molecule has 2 aromatic heterocycles. The van der Waals surface area contributed by atoms with Crippen LogP contribution >= 0.6 is 11.3 Å². The van der Waals surface area contributed by atoms with Gasteiger partial charge in [0.2, 0.25) is 5.95 Å². The van der Waals surface area contributed by atoms with Gasteiger partial charge in [-0.1, -0.05) is 12.1 Å². The van der Waals surface area contributed by atoms with Crippen molar-refractivity contribution in [1.82, 2.24) is 20.3 Å². The molecule has 0 saturated carbocycles. The molecule has 0 radical (unpaired) electrons. The zero-order valence-corrected chi connectivity index (χ0v) is 15.6. The van der Waals surface area contributed by atoms with Crippen molar-refractivity contribution in [3.05, 3.63) is 57.7 Å². The van der Waals surface area contributed by atoms with E-state index in [0.29, 0.717) is 30.0 Å². The van der Waals surface area contributed by atoms with Crippen LogP contribution in [0.15, 0.2) is 36.7 Å². The zero-order valence-electron chi connectivity index (χ0n) is 14.7. The average Bonchev–Trinajstić information content (AvgIpc) is 3.13. The van der Waals surface area contributed by atoms with Crippen LogP contribution < -0.4 is 11.1 Å². The number of nitrogen functional groups attached to an aromatic ring is 1. The van der Waals surface area contributed by atoms with Gasteiger partial charge in [-0.15, -0.1) is 11.3 Å². The molecular weight excluding hydrogens is 391 g/mol. The van der Waals surface area contributed by atoms with Crippen molar-refractivity contribution in [2.45, 2.75) is 19.5 Å². The maximum absolute atomic E-state index is 12.6. The van der Waals surface area contributed by atoms with E-state index < -0.39 is 17.1 Å². The first kappa shape index (κ1) is 19.7. The summed E-state index contributed by atoms with van der Waals surface area (Å²) in [5.41, 5.74) is 9.21. The number of hydrogen-bond donors (Lipinski definition) is 2. The number of carbonyl (C=O) groups excluding carboxylic acids is 1. The van der Waals surface area contributed by atoms with Crippen LogP contribution in [-0.4, -0.2) is 27.4 Å². The Hall–Kier alpha value is -3.01. The van der Waals surface area contributed by atoms with Gasteiger partial charge in [-0.2, -0.15) is 13.2 Å². The fourth-order valence-corrected chi connectivity index (χ4v) is 3.28. The molecule has 0 aliphatic heterocycles. The van der Waals surface area contributed by atoms with Gasteiger partial charge in [-0.05, 0) is 36.6 Å². The van der Waals surface area contributed by atoms with E-state index in [4.69, 9.17) is 5.73 Å². The lowest BCUT2D eigenvalue weighted by atomic mass is 10.0. The predicted octanol–water partition coefficient (Wildman–Crippen LogP) is 3.48. The number of benzene rings is 1. The third-order valence-electron chi connectivity index (χ3n) is 3.96. The summed E-state index contributed by atoms with van der Waals surface area (Å²) in [6.07, 6.45) is -1.48. The highest BCUT2D eigenvalue weighted by Gasteiger charge is 2.35. The smallest absolute Gasteiger partial charge is 0.368 e. The number of anilines is 1. The van der Waals surface area contributed by atoms with Crippen LogP contribution in [0.5, 0.6) is 0 Å². The average molecular weight is 407 g/mol. The van der Waals surface area contributed by atoms with Crippen LogP contribution in [0.4, 0.5) is 19.1 Å². The van der Waals surface area contributed by atoms with Crippen LogP contribution in [-0.2, 0) is 12.6 Å². The second-order valence-electron chi connectivity index (χ2n) is 5.97. The lowest BCUT2D eigenvalue weighted by Gasteiger charge is -2.09. The normalized spacial score (nSPS) is 11.4. The summed E-state index contributed by atoms with van der Waals surface area (Å²) in [5.74, 6) is -0.377. The number of thiazole rings is 1. The van der Waals surface area contributed by atoms with Crippen molar-refractivity contribution in [3.63, 3.8) is 0 Å². The summed E-state index contributed by atoms with van der Waals surface area (Å²) in [6.45, 7) is 2.22. The van der Waals surface area contributed by atoms with Crippen LogP contribution in [0.2, 0.25) is 0 Å². The third-order valence-corrected chi connectivity index (χ3v) is 5.01. The number of alkyl halides is 3. The predicted molar refractivity (Wildman–Crippen MR) is 99.8 cm³/mol.